The van der Waals surface area contributed by atoms with Crippen LogP contribution in [0.25, 0.3) is 0 Å². The van der Waals surface area contributed by atoms with Gasteiger partial charge in [-0.25, -0.2) is 0 Å². The summed E-state index contributed by atoms with van der Waals surface area (Å²) in [6.07, 6.45) is 1.95. The molecule has 1 nitrogen and oxygen atoms in total. The summed E-state index contributed by atoms with van der Waals surface area (Å²) >= 11 is 0.120. The van der Waals surface area contributed by atoms with Gasteiger partial charge in [-0.15, -0.1) is 20.7 Å². The smallest absolute Gasteiger partial charge is 0.121 e. The van der Waals surface area contributed by atoms with Crippen LogP contribution in [0, 0.1) is 5.41 Å². The number of halogens is 1. The molecule has 0 unspecified atom stereocenters. The molecule has 0 atom stereocenters. The lowest BCUT2D eigenvalue weighted by Crippen LogP contribution is -2.18. The van der Waals surface area contributed by atoms with E-state index in [0.717, 1.165) is 4.43 Å². The number of allylic oxidation sites excluding steroid dienone is 2. The Balaban J connectivity index is 2.85. The van der Waals surface area contributed by atoms with Gasteiger partial charge in [-0.1, -0.05) is 20.8 Å². The highest BCUT2D eigenvalue weighted by Crippen LogP contribution is 2.29. The van der Waals surface area contributed by atoms with Crippen molar-refractivity contribution in [3.05, 3.63) is 11.8 Å². The predicted octanol–water partition coefficient (Wildman–Crippen LogP) is 2.63. The third-order valence-corrected chi connectivity index (χ3v) is 5.18. The van der Waals surface area contributed by atoms with Crippen LogP contribution in [0.2, 0.25) is 0 Å². The molecule has 0 bridgehead atoms. The lowest BCUT2D eigenvalue weighted by molar-refractivity contribution is 0.430. The maximum Gasteiger partial charge on any atom is 0.121 e. The Kier molecular flexibility index (Phi) is 2.18. The molecular weight excluding hydrogens is 239 g/mol. The first-order valence-corrected chi connectivity index (χ1v) is 5.98. The largest absolute Gasteiger partial charge is 0.508 e. The van der Waals surface area contributed by atoms with Gasteiger partial charge in [-0.05, 0) is 11.5 Å². The molecule has 58 valence electrons. The molecule has 0 fully saturated rings. The van der Waals surface area contributed by atoms with E-state index in [9.17, 15) is 5.11 Å². The highest BCUT2D eigenvalue weighted by molar-refractivity contribution is 14.2. The van der Waals surface area contributed by atoms with E-state index in [-0.39, 0.29) is 26.1 Å². The molecule has 2 heteroatoms. The lowest BCUT2D eigenvalue weighted by atomic mass is 9.91. The molecule has 1 rings (SSSR count). The van der Waals surface area contributed by atoms with E-state index in [4.69, 9.17) is 0 Å². The SMILES string of the molecule is CC(C)(C)C1=ICC=C1O. The van der Waals surface area contributed by atoms with Crippen molar-refractivity contribution >= 4 is 24.2 Å². The second kappa shape index (κ2) is 2.64. The summed E-state index contributed by atoms with van der Waals surface area (Å²) in [7, 11) is 0. The Morgan fingerprint density at radius 1 is 1.50 bits per heavy atom. The molecule has 0 spiro atoms. The number of hydrogen-bond acceptors (Lipinski definition) is 1. The second-order valence-corrected chi connectivity index (χ2v) is 6.16. The summed E-state index contributed by atoms with van der Waals surface area (Å²) in [5.74, 6) is 0.570. The van der Waals surface area contributed by atoms with Crippen molar-refractivity contribution in [2.24, 2.45) is 5.41 Å². The van der Waals surface area contributed by atoms with Crippen molar-refractivity contribution in [2.45, 2.75) is 20.8 Å². The van der Waals surface area contributed by atoms with E-state index in [1.54, 1.807) is 0 Å². The van der Waals surface area contributed by atoms with Gasteiger partial charge >= 0.3 is 0 Å². The summed E-state index contributed by atoms with van der Waals surface area (Å²) in [4.78, 5) is 0. The van der Waals surface area contributed by atoms with E-state index in [1.165, 1.54) is 3.51 Å². The molecule has 0 aromatic carbocycles. The summed E-state index contributed by atoms with van der Waals surface area (Å²) in [5.41, 5.74) is 0.199. The van der Waals surface area contributed by atoms with Crippen LogP contribution in [0.5, 0.6) is 0 Å². The van der Waals surface area contributed by atoms with Gasteiger partial charge in [0.15, 0.2) is 0 Å². The fourth-order valence-electron chi connectivity index (χ4n) is 0.932. The van der Waals surface area contributed by atoms with E-state index >= 15 is 0 Å². The molecule has 1 N–H and O–H groups in total. The Morgan fingerprint density at radius 3 is 2.30 bits per heavy atom. The molecule has 0 amide bonds. The van der Waals surface area contributed by atoms with E-state index in [0.29, 0.717) is 5.76 Å². The summed E-state index contributed by atoms with van der Waals surface area (Å²) in [6, 6.07) is 0. The molecular formula is C8H13IO. The Bertz CT molecular complexity index is 196. The zero-order chi connectivity index (χ0) is 7.78. The zero-order valence-corrected chi connectivity index (χ0v) is 8.77. The van der Waals surface area contributed by atoms with E-state index in [2.05, 4.69) is 20.8 Å². The molecule has 0 aromatic rings. The van der Waals surface area contributed by atoms with Gasteiger partial charge in [-0.2, -0.15) is 0 Å². The summed E-state index contributed by atoms with van der Waals surface area (Å²) in [5, 5.41) is 9.38. The van der Waals surface area contributed by atoms with Gasteiger partial charge < -0.3 is 5.11 Å². The number of hydrogen-bond donors (Lipinski definition) is 1. The van der Waals surface area contributed by atoms with Gasteiger partial charge in [0.2, 0.25) is 0 Å². The first kappa shape index (κ1) is 8.24. The molecule has 0 aromatic heterocycles. The van der Waals surface area contributed by atoms with Crippen molar-refractivity contribution in [3.8, 4) is 0 Å². The maximum absolute atomic E-state index is 9.38. The number of rotatable bonds is 0. The van der Waals surface area contributed by atoms with Crippen LogP contribution in [0.3, 0.4) is 0 Å². The second-order valence-electron chi connectivity index (χ2n) is 3.44. The monoisotopic (exact) mass is 252 g/mol. The number of aliphatic hydroxyl groups excluding tert-OH is 1. The van der Waals surface area contributed by atoms with Crippen LogP contribution in [-0.2, 0) is 0 Å². The van der Waals surface area contributed by atoms with Gasteiger partial charge in [-0.3, -0.25) is 0 Å². The van der Waals surface area contributed by atoms with Crippen LogP contribution in [0.4, 0.5) is 0 Å². The summed E-state index contributed by atoms with van der Waals surface area (Å²) in [6.45, 7) is 6.49. The predicted molar refractivity (Wildman–Crippen MR) is 54.1 cm³/mol. The zero-order valence-electron chi connectivity index (χ0n) is 6.61. The Morgan fingerprint density at radius 2 is 2.10 bits per heavy atom. The normalized spacial score (nSPS) is 19.5. The molecule has 0 radical (unpaired) electrons. The fourth-order valence-corrected chi connectivity index (χ4v) is 3.76. The van der Waals surface area contributed by atoms with Gasteiger partial charge in [0, 0.05) is 7.94 Å². The highest BCUT2D eigenvalue weighted by Gasteiger charge is 2.22. The van der Waals surface area contributed by atoms with Crippen LogP contribution >= 0.6 is 20.7 Å². The summed E-state index contributed by atoms with van der Waals surface area (Å²) < 4.78 is 2.43. The molecule has 0 saturated carbocycles. The van der Waals surface area contributed by atoms with E-state index < -0.39 is 0 Å². The quantitative estimate of drug-likeness (QED) is 0.519. The van der Waals surface area contributed by atoms with Crippen molar-refractivity contribution in [2.75, 3.05) is 4.43 Å². The lowest BCUT2D eigenvalue weighted by Gasteiger charge is -2.19. The molecule has 1 aliphatic rings. The van der Waals surface area contributed by atoms with Crippen molar-refractivity contribution in [1.82, 2.24) is 0 Å². The number of aliphatic hydroxyl groups is 1. The van der Waals surface area contributed by atoms with Crippen molar-refractivity contribution in [1.29, 1.82) is 0 Å². The fraction of sp³-hybridized carbons (Fsp3) is 0.625. The van der Waals surface area contributed by atoms with Gasteiger partial charge in [0.1, 0.15) is 5.76 Å². The van der Waals surface area contributed by atoms with Gasteiger partial charge in [0.25, 0.3) is 0 Å². The molecule has 0 aliphatic carbocycles. The molecule has 1 aliphatic heterocycles. The van der Waals surface area contributed by atoms with Crippen LogP contribution in [0.1, 0.15) is 20.8 Å². The molecule has 10 heavy (non-hydrogen) atoms. The third kappa shape index (κ3) is 1.59. The van der Waals surface area contributed by atoms with Crippen LogP contribution < -0.4 is 0 Å². The maximum atomic E-state index is 9.38. The topological polar surface area (TPSA) is 20.2 Å². The highest BCUT2D eigenvalue weighted by atomic mass is 127. The minimum atomic E-state index is 0.120. The minimum absolute atomic E-state index is 0.120. The van der Waals surface area contributed by atoms with Gasteiger partial charge in [0.05, 0.1) is 0 Å². The Hall–Kier alpha value is 0.140. The average molecular weight is 252 g/mol. The molecule has 1 heterocycles. The minimum Gasteiger partial charge on any atom is -0.508 e. The Labute approximate surface area is 71.9 Å². The average Bonchev–Trinajstić information content (AvgIpc) is 2.11. The molecule has 0 saturated heterocycles. The number of alkyl halides is 1. The van der Waals surface area contributed by atoms with Crippen molar-refractivity contribution < 1.29 is 5.11 Å². The van der Waals surface area contributed by atoms with Crippen LogP contribution in [0.15, 0.2) is 11.8 Å². The standard InChI is InChI=1S/C8H13IO/c1-8(2,3)7-6(10)4-5-9-7/h4,10H,5H2,1-3H3. The first-order valence-electron chi connectivity index (χ1n) is 3.38. The first-order chi connectivity index (χ1) is 4.52. The van der Waals surface area contributed by atoms with E-state index in [1.807, 2.05) is 6.08 Å². The van der Waals surface area contributed by atoms with Crippen LogP contribution in [-0.4, -0.2) is 13.0 Å². The third-order valence-electron chi connectivity index (χ3n) is 1.36. The van der Waals surface area contributed by atoms with Crippen molar-refractivity contribution in [3.63, 3.8) is 0 Å².